The van der Waals surface area contributed by atoms with E-state index in [-0.39, 0.29) is 12.1 Å². The van der Waals surface area contributed by atoms with Crippen molar-refractivity contribution in [1.29, 1.82) is 0 Å². The van der Waals surface area contributed by atoms with Crippen molar-refractivity contribution in [3.63, 3.8) is 0 Å². The molecule has 0 bridgehead atoms. The molecule has 0 radical (unpaired) electrons. The van der Waals surface area contributed by atoms with Crippen molar-refractivity contribution >= 4 is 0 Å². The number of aliphatic hydroxyl groups excluding tert-OH is 1. The molecule has 0 saturated carbocycles. The molecule has 1 rings (SSSR count). The van der Waals surface area contributed by atoms with Crippen LogP contribution in [0.25, 0.3) is 0 Å². The molecule has 0 aliphatic heterocycles. The van der Waals surface area contributed by atoms with E-state index in [0.29, 0.717) is 0 Å². The van der Waals surface area contributed by atoms with Crippen LogP contribution in [-0.2, 0) is 0 Å². The maximum atomic E-state index is 9.36. The van der Waals surface area contributed by atoms with E-state index in [4.69, 9.17) is 10.5 Å². The van der Waals surface area contributed by atoms with Crippen molar-refractivity contribution in [3.05, 3.63) is 29.8 Å². The van der Waals surface area contributed by atoms with Gasteiger partial charge in [-0.1, -0.05) is 18.2 Å². The zero-order valence-corrected chi connectivity index (χ0v) is 9.47. The number of nitrogens with two attached hydrogens (primary N) is 1. The largest absolute Gasteiger partial charge is 0.488 e. The summed E-state index contributed by atoms with van der Waals surface area (Å²) in [7, 11) is 0. The van der Waals surface area contributed by atoms with Gasteiger partial charge in [-0.05, 0) is 26.8 Å². The van der Waals surface area contributed by atoms with E-state index < -0.39 is 6.10 Å². The van der Waals surface area contributed by atoms with Gasteiger partial charge in [0.2, 0.25) is 0 Å². The molecular formula is C12H19NO2. The monoisotopic (exact) mass is 209 g/mol. The van der Waals surface area contributed by atoms with Crippen LogP contribution in [0.4, 0.5) is 0 Å². The fourth-order valence-electron chi connectivity index (χ4n) is 1.26. The fraction of sp³-hybridized carbons (Fsp3) is 0.500. The Bertz CT molecular complexity index is 310. The minimum atomic E-state index is -0.494. The average molecular weight is 209 g/mol. The molecule has 2 unspecified atom stereocenters. The molecule has 15 heavy (non-hydrogen) atoms. The van der Waals surface area contributed by atoms with Gasteiger partial charge in [-0.15, -0.1) is 0 Å². The van der Waals surface area contributed by atoms with Crippen LogP contribution in [0.5, 0.6) is 5.75 Å². The van der Waals surface area contributed by atoms with Gasteiger partial charge >= 0.3 is 0 Å². The van der Waals surface area contributed by atoms with Crippen molar-refractivity contribution in [1.82, 2.24) is 0 Å². The van der Waals surface area contributed by atoms with E-state index in [1.165, 1.54) is 0 Å². The van der Waals surface area contributed by atoms with Crippen LogP contribution in [0, 0.1) is 0 Å². The summed E-state index contributed by atoms with van der Waals surface area (Å²) in [4.78, 5) is 0. The Morgan fingerprint density at radius 2 is 1.80 bits per heavy atom. The van der Waals surface area contributed by atoms with Gasteiger partial charge in [0.15, 0.2) is 0 Å². The van der Waals surface area contributed by atoms with Gasteiger partial charge < -0.3 is 15.6 Å². The molecule has 0 spiro atoms. The summed E-state index contributed by atoms with van der Waals surface area (Å²) >= 11 is 0. The van der Waals surface area contributed by atoms with Gasteiger partial charge in [0.1, 0.15) is 11.9 Å². The predicted molar refractivity (Wildman–Crippen MR) is 60.8 cm³/mol. The summed E-state index contributed by atoms with van der Waals surface area (Å²) in [6.07, 6.45) is -0.726. The lowest BCUT2D eigenvalue weighted by Crippen LogP contribution is -2.26. The quantitative estimate of drug-likeness (QED) is 0.795. The third-order valence-corrected chi connectivity index (χ3v) is 2.40. The van der Waals surface area contributed by atoms with E-state index in [9.17, 15) is 5.11 Å². The lowest BCUT2D eigenvalue weighted by molar-refractivity contribution is 0.0596. The molecule has 0 aliphatic carbocycles. The van der Waals surface area contributed by atoms with Crippen molar-refractivity contribution in [3.8, 4) is 5.75 Å². The maximum Gasteiger partial charge on any atom is 0.124 e. The maximum absolute atomic E-state index is 9.36. The number of ether oxygens (including phenoxy) is 1. The van der Waals surface area contributed by atoms with Gasteiger partial charge in [0, 0.05) is 11.6 Å². The summed E-state index contributed by atoms with van der Waals surface area (Å²) in [6.45, 7) is 5.46. The van der Waals surface area contributed by atoms with Gasteiger partial charge in [0.25, 0.3) is 0 Å². The minimum absolute atomic E-state index is 0.0672. The molecule has 0 heterocycles. The summed E-state index contributed by atoms with van der Waals surface area (Å²) in [5.41, 5.74) is 6.79. The predicted octanol–water partition coefficient (Wildman–Crippen LogP) is 1.85. The number of hydrogen-bond acceptors (Lipinski definition) is 3. The van der Waals surface area contributed by atoms with Crippen LogP contribution in [0.2, 0.25) is 0 Å². The third-order valence-electron chi connectivity index (χ3n) is 2.40. The van der Waals surface area contributed by atoms with Gasteiger partial charge in [-0.25, -0.2) is 0 Å². The molecule has 3 atom stereocenters. The SMILES string of the molecule is CC(O)C(C)Oc1ccccc1[C@@H](C)N. The molecule has 3 N–H and O–H groups in total. The molecule has 0 amide bonds. The Balaban J connectivity index is 2.84. The Morgan fingerprint density at radius 3 is 2.33 bits per heavy atom. The zero-order chi connectivity index (χ0) is 11.4. The number of aliphatic hydroxyl groups is 1. The minimum Gasteiger partial charge on any atom is -0.488 e. The molecule has 84 valence electrons. The van der Waals surface area contributed by atoms with Crippen LogP contribution in [-0.4, -0.2) is 17.3 Å². The summed E-state index contributed by atoms with van der Waals surface area (Å²) in [5, 5.41) is 9.36. The highest BCUT2D eigenvalue weighted by Gasteiger charge is 2.13. The molecule has 1 aromatic carbocycles. The van der Waals surface area contributed by atoms with Crippen molar-refractivity contribution in [2.45, 2.75) is 39.0 Å². The topological polar surface area (TPSA) is 55.5 Å². The second-order valence-corrected chi connectivity index (χ2v) is 3.89. The third kappa shape index (κ3) is 3.22. The lowest BCUT2D eigenvalue weighted by atomic mass is 10.1. The highest BCUT2D eigenvalue weighted by molar-refractivity contribution is 5.35. The summed E-state index contributed by atoms with van der Waals surface area (Å²) < 4.78 is 5.64. The van der Waals surface area contributed by atoms with Crippen LogP contribution >= 0.6 is 0 Å². The second-order valence-electron chi connectivity index (χ2n) is 3.89. The zero-order valence-electron chi connectivity index (χ0n) is 9.47. The Labute approximate surface area is 90.9 Å². The van der Waals surface area contributed by atoms with E-state index >= 15 is 0 Å². The lowest BCUT2D eigenvalue weighted by Gasteiger charge is -2.20. The highest BCUT2D eigenvalue weighted by Crippen LogP contribution is 2.24. The molecule has 0 saturated heterocycles. The first-order chi connectivity index (χ1) is 7.02. The van der Waals surface area contributed by atoms with Gasteiger partial charge in [-0.2, -0.15) is 0 Å². The molecule has 3 heteroatoms. The summed E-state index contributed by atoms with van der Waals surface area (Å²) in [5.74, 6) is 0.751. The smallest absolute Gasteiger partial charge is 0.124 e. The standard InChI is InChI=1S/C12H19NO2/c1-8(13)11-6-4-5-7-12(11)15-10(3)9(2)14/h4-10,14H,13H2,1-3H3/t8-,9?,10?/m1/s1. The molecule has 1 aromatic rings. The molecular weight excluding hydrogens is 190 g/mol. The van der Waals surface area contributed by atoms with E-state index in [1.54, 1.807) is 6.92 Å². The highest BCUT2D eigenvalue weighted by atomic mass is 16.5. The number of benzene rings is 1. The molecule has 0 fully saturated rings. The summed E-state index contributed by atoms with van der Waals surface area (Å²) in [6, 6.07) is 7.57. The van der Waals surface area contributed by atoms with E-state index in [2.05, 4.69) is 0 Å². The van der Waals surface area contributed by atoms with Crippen molar-refractivity contribution in [2.24, 2.45) is 5.73 Å². The Kier molecular flexibility index (Phi) is 4.12. The van der Waals surface area contributed by atoms with E-state index in [1.807, 2.05) is 38.1 Å². The molecule has 0 aromatic heterocycles. The molecule has 0 aliphatic rings. The Morgan fingerprint density at radius 1 is 1.20 bits per heavy atom. The first-order valence-electron chi connectivity index (χ1n) is 5.21. The van der Waals surface area contributed by atoms with Crippen LogP contribution in [0.15, 0.2) is 24.3 Å². The number of hydrogen-bond donors (Lipinski definition) is 2. The molecule has 3 nitrogen and oxygen atoms in total. The van der Waals surface area contributed by atoms with Crippen molar-refractivity contribution in [2.75, 3.05) is 0 Å². The first-order valence-corrected chi connectivity index (χ1v) is 5.21. The number of rotatable bonds is 4. The van der Waals surface area contributed by atoms with E-state index in [0.717, 1.165) is 11.3 Å². The second kappa shape index (κ2) is 5.14. The Hall–Kier alpha value is -1.06. The van der Waals surface area contributed by atoms with Crippen molar-refractivity contribution < 1.29 is 9.84 Å². The fourth-order valence-corrected chi connectivity index (χ4v) is 1.26. The first kappa shape index (κ1) is 12.0. The normalized spacial score (nSPS) is 16.9. The van der Waals surface area contributed by atoms with Gasteiger partial charge in [-0.3, -0.25) is 0 Å². The van der Waals surface area contributed by atoms with Crippen LogP contribution in [0.3, 0.4) is 0 Å². The number of para-hydroxylation sites is 1. The van der Waals surface area contributed by atoms with Crippen LogP contribution < -0.4 is 10.5 Å². The average Bonchev–Trinajstić information content (AvgIpc) is 2.18. The van der Waals surface area contributed by atoms with Crippen LogP contribution in [0.1, 0.15) is 32.4 Å². The van der Waals surface area contributed by atoms with Gasteiger partial charge in [0.05, 0.1) is 6.10 Å².